The molecule has 0 fully saturated rings. The maximum atomic E-state index is 13.2. The average Bonchev–Trinajstić information content (AvgIpc) is 2.15. The summed E-state index contributed by atoms with van der Waals surface area (Å²) in [6, 6.07) is 1.66. The number of hydrogen-bond donors (Lipinski definition) is 2. The Balaban J connectivity index is 3.25. The lowest BCUT2D eigenvalue weighted by atomic mass is 10.1. The fourth-order valence-electron chi connectivity index (χ4n) is 1.04. The van der Waals surface area contributed by atoms with Gasteiger partial charge in [-0.1, -0.05) is 0 Å². The number of carbonyl (C=O) groups is 1. The van der Waals surface area contributed by atoms with Gasteiger partial charge in [0.25, 0.3) is 5.69 Å². The van der Waals surface area contributed by atoms with Crippen molar-refractivity contribution < 1.29 is 19.2 Å². The van der Waals surface area contributed by atoms with Crippen molar-refractivity contribution in [3.8, 4) is 0 Å². The predicted octanol–water partition coefficient (Wildman–Crippen LogP) is 1.41. The third-order valence-corrected chi connectivity index (χ3v) is 1.75. The number of nitrogens with zero attached hydrogens (tertiary/aromatic N) is 1. The van der Waals surface area contributed by atoms with E-state index in [2.05, 4.69) is 0 Å². The van der Waals surface area contributed by atoms with Crippen molar-refractivity contribution in [3.63, 3.8) is 0 Å². The number of rotatable bonds is 3. The van der Waals surface area contributed by atoms with Gasteiger partial charge in [0.15, 0.2) is 0 Å². The maximum absolute atomic E-state index is 13.2. The molecule has 0 atom stereocenters. The molecular formula is C9H7FN2O4. The van der Waals surface area contributed by atoms with Crippen LogP contribution in [0.4, 0.5) is 15.8 Å². The maximum Gasteiger partial charge on any atom is 0.328 e. The molecule has 0 aromatic heterocycles. The number of carboxylic acids is 1. The third kappa shape index (κ3) is 2.53. The third-order valence-electron chi connectivity index (χ3n) is 1.75. The number of hydrogen-bond acceptors (Lipinski definition) is 4. The first kappa shape index (κ1) is 11.6. The zero-order chi connectivity index (χ0) is 12.3. The van der Waals surface area contributed by atoms with Crippen LogP contribution in [0.5, 0.6) is 0 Å². The lowest BCUT2D eigenvalue weighted by Crippen LogP contribution is -1.98. The lowest BCUT2D eigenvalue weighted by molar-refractivity contribution is -0.384. The summed E-state index contributed by atoms with van der Waals surface area (Å²) in [7, 11) is 0. The van der Waals surface area contributed by atoms with E-state index in [1.54, 1.807) is 0 Å². The Morgan fingerprint density at radius 3 is 2.69 bits per heavy atom. The van der Waals surface area contributed by atoms with E-state index in [-0.39, 0.29) is 11.3 Å². The van der Waals surface area contributed by atoms with Gasteiger partial charge in [-0.25, -0.2) is 9.18 Å². The molecular weight excluding hydrogens is 219 g/mol. The summed E-state index contributed by atoms with van der Waals surface area (Å²) in [5, 5.41) is 18.8. The van der Waals surface area contributed by atoms with Crippen LogP contribution >= 0.6 is 0 Å². The molecule has 0 spiro atoms. The van der Waals surface area contributed by atoms with E-state index in [1.165, 1.54) is 0 Å². The molecule has 16 heavy (non-hydrogen) atoms. The first-order valence-corrected chi connectivity index (χ1v) is 4.06. The van der Waals surface area contributed by atoms with Crippen LogP contribution in [0.2, 0.25) is 0 Å². The van der Waals surface area contributed by atoms with Crippen molar-refractivity contribution in [2.45, 2.75) is 0 Å². The van der Waals surface area contributed by atoms with E-state index >= 15 is 0 Å². The fourth-order valence-corrected chi connectivity index (χ4v) is 1.04. The highest BCUT2D eigenvalue weighted by molar-refractivity contribution is 5.85. The largest absolute Gasteiger partial charge is 0.478 e. The molecule has 0 bridgehead atoms. The molecule has 1 aromatic rings. The van der Waals surface area contributed by atoms with E-state index in [0.717, 1.165) is 18.2 Å². The SMILES string of the molecule is Nc1cc(F)c(C=CC(=O)O)cc1[N+](=O)[O-]. The van der Waals surface area contributed by atoms with Crippen molar-refractivity contribution >= 4 is 23.4 Å². The van der Waals surface area contributed by atoms with Gasteiger partial charge in [-0.05, 0) is 6.08 Å². The molecule has 7 heteroatoms. The molecule has 6 nitrogen and oxygen atoms in total. The lowest BCUT2D eigenvalue weighted by Gasteiger charge is -2.00. The second kappa shape index (κ2) is 4.39. The minimum atomic E-state index is -1.28. The Bertz CT molecular complexity index is 485. The van der Waals surface area contributed by atoms with Crippen molar-refractivity contribution in [1.82, 2.24) is 0 Å². The zero-order valence-electron chi connectivity index (χ0n) is 7.88. The van der Waals surface area contributed by atoms with Crippen LogP contribution in [0, 0.1) is 15.9 Å². The first-order chi connectivity index (χ1) is 7.41. The van der Waals surface area contributed by atoms with E-state index < -0.39 is 22.4 Å². The molecule has 0 aliphatic carbocycles. The Morgan fingerprint density at radius 2 is 2.19 bits per heavy atom. The van der Waals surface area contributed by atoms with Gasteiger partial charge in [-0.3, -0.25) is 10.1 Å². The zero-order valence-corrected chi connectivity index (χ0v) is 7.88. The number of nitrogens with two attached hydrogens (primary N) is 1. The van der Waals surface area contributed by atoms with Crippen LogP contribution in [0.25, 0.3) is 6.08 Å². The summed E-state index contributed by atoms with van der Waals surface area (Å²) < 4.78 is 13.2. The summed E-state index contributed by atoms with van der Waals surface area (Å²) >= 11 is 0. The average molecular weight is 226 g/mol. The highest BCUT2D eigenvalue weighted by Crippen LogP contribution is 2.25. The van der Waals surface area contributed by atoms with E-state index in [9.17, 15) is 19.3 Å². The predicted molar refractivity (Wildman–Crippen MR) is 54.1 cm³/mol. The molecule has 1 rings (SSSR count). The Kier molecular flexibility index (Phi) is 3.19. The molecule has 0 radical (unpaired) electrons. The minimum Gasteiger partial charge on any atom is -0.478 e. The molecule has 0 saturated carbocycles. The monoisotopic (exact) mass is 226 g/mol. The number of carboxylic acid groups (broad SMARTS) is 1. The second-order valence-corrected chi connectivity index (χ2v) is 2.86. The molecule has 0 saturated heterocycles. The first-order valence-electron chi connectivity index (χ1n) is 4.06. The van der Waals surface area contributed by atoms with Gasteiger partial charge in [-0.2, -0.15) is 0 Å². The molecule has 0 unspecified atom stereocenters. The summed E-state index contributed by atoms with van der Waals surface area (Å²) in [5.74, 6) is -2.10. The van der Waals surface area contributed by atoms with Crippen LogP contribution in [0.15, 0.2) is 18.2 Å². The number of halogens is 1. The van der Waals surface area contributed by atoms with Crippen LogP contribution < -0.4 is 5.73 Å². The second-order valence-electron chi connectivity index (χ2n) is 2.86. The molecule has 0 aliphatic rings. The Labute approximate surface area is 89.0 Å². The van der Waals surface area contributed by atoms with Gasteiger partial charge < -0.3 is 10.8 Å². The number of anilines is 1. The summed E-state index contributed by atoms with van der Waals surface area (Å²) in [6.45, 7) is 0. The quantitative estimate of drug-likeness (QED) is 0.350. The number of aliphatic carboxylic acids is 1. The van der Waals surface area contributed by atoms with E-state index in [4.69, 9.17) is 10.8 Å². The fraction of sp³-hybridized carbons (Fsp3) is 0. The summed E-state index contributed by atoms with van der Waals surface area (Å²) in [6.07, 6.45) is 1.60. The van der Waals surface area contributed by atoms with Crippen LogP contribution in [-0.4, -0.2) is 16.0 Å². The van der Waals surface area contributed by atoms with Crippen molar-refractivity contribution in [3.05, 3.63) is 39.7 Å². The summed E-state index contributed by atoms with van der Waals surface area (Å²) in [4.78, 5) is 19.9. The van der Waals surface area contributed by atoms with Gasteiger partial charge >= 0.3 is 5.97 Å². The van der Waals surface area contributed by atoms with Crippen molar-refractivity contribution in [2.75, 3.05) is 5.73 Å². The highest BCUT2D eigenvalue weighted by Gasteiger charge is 2.14. The van der Waals surface area contributed by atoms with E-state index in [1.807, 2.05) is 0 Å². The summed E-state index contributed by atoms with van der Waals surface area (Å²) in [5.41, 5.74) is 4.24. The topological polar surface area (TPSA) is 106 Å². The number of nitro groups is 1. The highest BCUT2D eigenvalue weighted by atomic mass is 19.1. The molecule has 0 aliphatic heterocycles. The van der Waals surface area contributed by atoms with Crippen molar-refractivity contribution in [1.29, 1.82) is 0 Å². The van der Waals surface area contributed by atoms with Gasteiger partial charge in [0.2, 0.25) is 0 Å². The number of nitrogen functional groups attached to an aromatic ring is 1. The van der Waals surface area contributed by atoms with Crippen LogP contribution in [0.1, 0.15) is 5.56 Å². The molecule has 0 heterocycles. The Morgan fingerprint density at radius 1 is 1.56 bits per heavy atom. The van der Waals surface area contributed by atoms with Crippen LogP contribution in [-0.2, 0) is 4.79 Å². The Hall–Kier alpha value is -2.44. The molecule has 84 valence electrons. The van der Waals surface area contributed by atoms with Crippen LogP contribution in [0.3, 0.4) is 0 Å². The molecule has 0 amide bonds. The molecule has 3 N–H and O–H groups in total. The van der Waals surface area contributed by atoms with Gasteiger partial charge in [0.05, 0.1) is 4.92 Å². The standard InChI is InChI=1S/C9H7FN2O4/c10-6-4-7(11)8(12(15)16)3-5(6)1-2-9(13)14/h1-4H,11H2,(H,13,14). The normalized spacial score (nSPS) is 10.6. The van der Waals surface area contributed by atoms with Gasteiger partial charge in [0.1, 0.15) is 11.5 Å². The number of benzene rings is 1. The minimum absolute atomic E-state index is 0.205. The smallest absolute Gasteiger partial charge is 0.328 e. The van der Waals surface area contributed by atoms with E-state index in [0.29, 0.717) is 6.08 Å². The molecule has 1 aromatic carbocycles. The van der Waals surface area contributed by atoms with Gasteiger partial charge in [-0.15, -0.1) is 0 Å². The van der Waals surface area contributed by atoms with Gasteiger partial charge in [0, 0.05) is 23.8 Å². The number of nitro benzene ring substituents is 1. The van der Waals surface area contributed by atoms with Crippen molar-refractivity contribution in [2.24, 2.45) is 0 Å².